The first-order valence-electron chi connectivity index (χ1n) is 26.1. The van der Waals surface area contributed by atoms with Crippen molar-refractivity contribution in [1.82, 2.24) is 0 Å². The Hall–Kier alpha value is -0.669. The highest BCUT2D eigenvalue weighted by atomic mass is 28.4. The normalized spacial score (nSPS) is 28.1. The number of ether oxygens (including phenoxy) is 4. The van der Waals surface area contributed by atoms with E-state index in [1.807, 2.05) is 7.11 Å². The first-order valence-corrected chi connectivity index (χ1v) is 33.7. The van der Waals surface area contributed by atoms with Gasteiger partial charge in [0.1, 0.15) is 0 Å². The molecule has 0 aliphatic carbocycles. The highest BCUT2D eigenvalue weighted by Gasteiger charge is 2.60. The van der Waals surface area contributed by atoms with Crippen molar-refractivity contribution < 1.29 is 32.2 Å². The summed E-state index contributed by atoms with van der Waals surface area (Å²) in [7, 11) is -4.20. The third kappa shape index (κ3) is 14.0. The topological polar surface area (TPSA) is 64.6 Å². The Morgan fingerprint density at radius 1 is 0.714 bits per heavy atom. The highest BCUT2D eigenvalue weighted by molar-refractivity contribution is 6.74. The second-order valence-corrected chi connectivity index (χ2v) is 34.7. The Balaban J connectivity index is 2.20. The lowest BCUT2D eigenvalue weighted by Gasteiger charge is -2.59. The summed E-state index contributed by atoms with van der Waals surface area (Å²) in [5, 5.41) is 0. The maximum absolute atomic E-state index is 7.90. The maximum atomic E-state index is 7.90. The van der Waals surface area contributed by atoms with E-state index in [1.54, 1.807) is 0 Å². The van der Waals surface area contributed by atoms with Gasteiger partial charge in [-0.3, -0.25) is 0 Å². The van der Waals surface area contributed by atoms with Gasteiger partial charge in [0.25, 0.3) is 0 Å². The molecule has 63 heavy (non-hydrogen) atoms. The van der Waals surface area contributed by atoms with Gasteiger partial charge in [0.05, 0.1) is 49.8 Å². The molecule has 10 heteroatoms. The number of methoxy groups -OCH3 is 1. The predicted molar refractivity (Wildman–Crippen MR) is 274 cm³/mol. The lowest BCUT2D eigenvalue weighted by atomic mass is 9.74. The number of hydrogen-bond donors (Lipinski definition) is 0. The summed E-state index contributed by atoms with van der Waals surface area (Å²) in [4.78, 5) is 0. The molecular formula is C53H100O7Si3. The second kappa shape index (κ2) is 26.2. The lowest BCUT2D eigenvalue weighted by Crippen LogP contribution is -2.68. The molecule has 2 saturated heterocycles. The van der Waals surface area contributed by atoms with Crippen LogP contribution in [0.4, 0.5) is 0 Å². The Morgan fingerprint density at radius 3 is 1.67 bits per heavy atom. The fraction of sp³-hybridized carbons (Fsp3) is 0.849. The highest BCUT2D eigenvalue weighted by Crippen LogP contribution is 2.51. The van der Waals surface area contributed by atoms with Gasteiger partial charge in [0.2, 0.25) is 0 Å². The van der Waals surface area contributed by atoms with Crippen LogP contribution in [0.2, 0.25) is 54.4 Å². The van der Waals surface area contributed by atoms with E-state index in [1.165, 1.54) is 11.1 Å². The molecule has 3 rings (SSSR count). The van der Waals surface area contributed by atoms with Crippen LogP contribution in [0.25, 0.3) is 0 Å². The molecular weight excluding hydrogens is 833 g/mol. The van der Waals surface area contributed by atoms with Crippen LogP contribution in [-0.2, 0) is 38.8 Å². The van der Waals surface area contributed by atoms with Crippen LogP contribution in [-0.4, -0.2) is 81.1 Å². The largest absolute Gasteiger partial charge is 0.413 e. The van der Waals surface area contributed by atoms with Gasteiger partial charge in [0, 0.05) is 37.2 Å². The third-order valence-electron chi connectivity index (χ3n) is 17.0. The first-order chi connectivity index (χ1) is 29.9. The number of allylic oxidation sites excluding steroid dienone is 2. The molecule has 0 N–H and O–H groups in total. The molecule has 0 saturated carbocycles. The van der Waals surface area contributed by atoms with Crippen molar-refractivity contribution in [3.63, 3.8) is 0 Å². The predicted octanol–water partition coefficient (Wildman–Crippen LogP) is 14.8. The van der Waals surface area contributed by atoms with Crippen molar-refractivity contribution in [2.75, 3.05) is 13.7 Å². The van der Waals surface area contributed by atoms with Crippen LogP contribution in [0.5, 0.6) is 0 Å². The molecule has 0 aromatic heterocycles. The SMILES string of the molecule is C/C=C(\C)C[C@H](C)[C@H](O[Si](CC)(CC)CC)[C@@H](C)[C@H]1O[C@@]2(C[C@@H](OC)[C@H]1C)O[C@H]([C@@H](C)[C@@H](O[Si](CC)(CC)CC)[C@@H](C)COCc1ccccc1)[C@@H](C)C[C@@H]2O[Si](CC)(CC)CC. The molecule has 2 heterocycles. The first kappa shape index (κ1) is 56.7. The average molecular weight is 934 g/mol. The van der Waals surface area contributed by atoms with Crippen molar-refractivity contribution in [3.8, 4) is 0 Å². The average Bonchev–Trinajstić information content (AvgIpc) is 3.31. The Morgan fingerprint density at radius 2 is 1.19 bits per heavy atom. The maximum Gasteiger partial charge on any atom is 0.196 e. The summed E-state index contributed by atoms with van der Waals surface area (Å²) < 4.78 is 51.8. The van der Waals surface area contributed by atoms with Gasteiger partial charge in [-0.15, -0.1) is 0 Å². The van der Waals surface area contributed by atoms with Gasteiger partial charge in [-0.05, 0) is 98.5 Å². The molecule has 2 fully saturated rings. The third-order valence-corrected chi connectivity index (χ3v) is 30.9. The summed E-state index contributed by atoms with van der Waals surface area (Å²) in [6.07, 6.45) is 4.33. The van der Waals surface area contributed by atoms with E-state index in [0.717, 1.165) is 67.2 Å². The molecule has 0 bridgehead atoms. The van der Waals surface area contributed by atoms with Crippen LogP contribution in [0.15, 0.2) is 42.0 Å². The molecule has 1 aromatic rings. The Bertz CT molecular complexity index is 1430. The van der Waals surface area contributed by atoms with E-state index in [9.17, 15) is 0 Å². The van der Waals surface area contributed by atoms with Crippen molar-refractivity contribution in [3.05, 3.63) is 47.5 Å². The second-order valence-electron chi connectivity index (χ2n) is 20.5. The number of benzene rings is 1. The quantitative estimate of drug-likeness (QED) is 0.0613. The van der Waals surface area contributed by atoms with E-state index in [-0.39, 0.29) is 66.2 Å². The van der Waals surface area contributed by atoms with Crippen LogP contribution in [0.1, 0.15) is 143 Å². The smallest absolute Gasteiger partial charge is 0.196 e. The van der Waals surface area contributed by atoms with Gasteiger partial charge in [-0.2, -0.15) is 0 Å². The van der Waals surface area contributed by atoms with E-state index in [2.05, 4.69) is 154 Å². The molecule has 1 aromatic carbocycles. The van der Waals surface area contributed by atoms with Crippen molar-refractivity contribution in [1.29, 1.82) is 0 Å². The number of rotatable bonds is 28. The summed E-state index contributed by atoms with van der Waals surface area (Å²) >= 11 is 0. The van der Waals surface area contributed by atoms with Gasteiger partial charge < -0.3 is 32.2 Å². The van der Waals surface area contributed by atoms with Crippen molar-refractivity contribution in [2.45, 2.75) is 240 Å². The lowest BCUT2D eigenvalue weighted by molar-refractivity contribution is -0.388. The summed E-state index contributed by atoms with van der Waals surface area (Å²) in [6, 6.07) is 20.4. The summed E-state index contributed by atoms with van der Waals surface area (Å²) in [5.41, 5.74) is 2.61. The van der Waals surface area contributed by atoms with E-state index in [4.69, 9.17) is 32.2 Å². The molecule has 0 radical (unpaired) electrons. The molecule has 1 spiro atoms. The van der Waals surface area contributed by atoms with Gasteiger partial charge in [-0.1, -0.05) is 146 Å². The van der Waals surface area contributed by atoms with E-state index in [0.29, 0.717) is 25.6 Å². The monoisotopic (exact) mass is 933 g/mol. The van der Waals surface area contributed by atoms with Crippen LogP contribution in [0.3, 0.4) is 0 Å². The van der Waals surface area contributed by atoms with Crippen LogP contribution >= 0.6 is 0 Å². The zero-order valence-electron chi connectivity index (χ0n) is 44.1. The minimum absolute atomic E-state index is 0.0243. The minimum atomic E-state index is -2.09. The van der Waals surface area contributed by atoms with Crippen molar-refractivity contribution in [2.24, 2.45) is 35.5 Å². The Labute approximate surface area is 392 Å². The molecule has 366 valence electrons. The van der Waals surface area contributed by atoms with E-state index < -0.39 is 30.7 Å². The van der Waals surface area contributed by atoms with Gasteiger partial charge in [0.15, 0.2) is 30.7 Å². The fourth-order valence-corrected chi connectivity index (χ4v) is 20.5. The molecule has 0 amide bonds. The molecule has 2 aliphatic rings. The van der Waals surface area contributed by atoms with E-state index >= 15 is 0 Å². The zero-order valence-corrected chi connectivity index (χ0v) is 47.1. The van der Waals surface area contributed by atoms with Crippen molar-refractivity contribution >= 4 is 25.0 Å². The zero-order chi connectivity index (χ0) is 47.2. The fourth-order valence-electron chi connectivity index (χ4n) is 11.6. The van der Waals surface area contributed by atoms with Gasteiger partial charge >= 0.3 is 0 Å². The number of hydrogen-bond acceptors (Lipinski definition) is 7. The molecule has 13 atom stereocenters. The molecule has 2 aliphatic heterocycles. The minimum Gasteiger partial charge on any atom is -0.413 e. The molecule has 7 nitrogen and oxygen atoms in total. The van der Waals surface area contributed by atoms with Crippen LogP contribution in [0, 0.1) is 35.5 Å². The summed E-state index contributed by atoms with van der Waals surface area (Å²) in [5.74, 6) is 0.128. The summed E-state index contributed by atoms with van der Waals surface area (Å²) in [6.45, 7) is 41.1. The molecule has 0 unspecified atom stereocenters. The standard InChI is InChI=1S/C53H100O7Si3/c1-19-39(11)34-40(12)50(59-62(23-5,24-6)25-7)45(17)52-43(15)47(54-18)36-53(57-52)48(58-61(20-2,21-3)22-4)35-41(13)49(56-53)44(16)51(60-63(26-8,27-9)28-10)42(14)37-55-38-46-32-30-29-31-33-46/h19,29-33,40-45,47-52H,20-28,34-38H2,1-18H3/b39-19+/t40-,41-,42-,43+,44+,45+,47+,48-,49-,50-,51-,52-,53+/m0/s1. The Kier molecular flexibility index (Phi) is 23.5. The van der Waals surface area contributed by atoms with Gasteiger partial charge in [-0.25, -0.2) is 0 Å². The van der Waals surface area contributed by atoms with Crippen LogP contribution < -0.4 is 0 Å².